The minimum Gasteiger partial charge on any atom is -0.370 e. The lowest BCUT2D eigenvalue weighted by molar-refractivity contribution is -0.142. The quantitative estimate of drug-likeness (QED) is 0.890. The van der Waals surface area contributed by atoms with Crippen LogP contribution in [0, 0.1) is 0 Å². The molecule has 0 aliphatic carbocycles. The molecule has 2 rings (SSSR count). The van der Waals surface area contributed by atoms with Crippen molar-refractivity contribution in [3.8, 4) is 0 Å². The molecule has 0 aromatic carbocycles. The van der Waals surface area contributed by atoms with Gasteiger partial charge in [-0.2, -0.15) is 8.78 Å². The summed E-state index contributed by atoms with van der Waals surface area (Å²) in [7, 11) is 0. The van der Waals surface area contributed by atoms with Gasteiger partial charge < -0.3 is 15.4 Å². The van der Waals surface area contributed by atoms with Crippen molar-refractivity contribution in [3.05, 3.63) is 24.5 Å². The summed E-state index contributed by atoms with van der Waals surface area (Å²) in [5.41, 5.74) is 6.44. The first-order valence-electron chi connectivity index (χ1n) is 5.93. The molecule has 0 bridgehead atoms. The van der Waals surface area contributed by atoms with Crippen molar-refractivity contribution in [2.24, 2.45) is 5.73 Å². The maximum Gasteiger partial charge on any atom is 0.345 e. The lowest BCUT2D eigenvalue weighted by Crippen LogP contribution is -2.53. The van der Waals surface area contributed by atoms with Crippen LogP contribution in [0.2, 0.25) is 0 Å². The van der Waals surface area contributed by atoms with Crippen LogP contribution in [0.15, 0.2) is 24.5 Å². The van der Waals surface area contributed by atoms with Gasteiger partial charge in [0.2, 0.25) is 0 Å². The number of ether oxygens (including phenoxy) is 1. The molecule has 2 heterocycles. The highest BCUT2D eigenvalue weighted by Gasteiger charge is 2.32. The molecular weight excluding hydrogens is 240 g/mol. The van der Waals surface area contributed by atoms with Gasteiger partial charge in [-0.15, -0.1) is 0 Å². The molecule has 6 heteroatoms. The molecule has 0 saturated carbocycles. The summed E-state index contributed by atoms with van der Waals surface area (Å²) in [4.78, 5) is 6.21. The smallest absolute Gasteiger partial charge is 0.345 e. The second kappa shape index (κ2) is 5.58. The van der Waals surface area contributed by atoms with E-state index >= 15 is 0 Å². The normalized spacial score (nSPS) is 19.2. The van der Waals surface area contributed by atoms with E-state index in [1.807, 2.05) is 12.1 Å². The SMILES string of the molecule is NC1(COC(F)F)CCN(c2cccnc2)CC1. The highest BCUT2D eigenvalue weighted by atomic mass is 19.3. The molecule has 1 aromatic rings. The zero-order chi connectivity index (χ0) is 13.0. The van der Waals surface area contributed by atoms with Crippen LogP contribution in [0.4, 0.5) is 14.5 Å². The van der Waals surface area contributed by atoms with Crippen LogP contribution in [0.25, 0.3) is 0 Å². The fraction of sp³-hybridized carbons (Fsp3) is 0.583. The summed E-state index contributed by atoms with van der Waals surface area (Å²) >= 11 is 0. The van der Waals surface area contributed by atoms with E-state index < -0.39 is 12.2 Å². The standard InChI is InChI=1S/C12H17F2N3O/c13-11(14)18-9-12(15)3-6-17(7-4-12)10-2-1-5-16-8-10/h1-2,5,8,11H,3-4,6-7,9,15H2. The highest BCUT2D eigenvalue weighted by molar-refractivity contribution is 5.44. The average molecular weight is 257 g/mol. The predicted octanol–water partition coefficient (Wildman–Crippen LogP) is 1.62. The molecule has 2 N–H and O–H groups in total. The number of pyridine rings is 1. The Bertz CT molecular complexity index is 367. The largest absolute Gasteiger partial charge is 0.370 e. The van der Waals surface area contributed by atoms with Gasteiger partial charge >= 0.3 is 6.61 Å². The molecule has 0 spiro atoms. The Kier molecular flexibility index (Phi) is 4.08. The van der Waals surface area contributed by atoms with Gasteiger partial charge in [0.25, 0.3) is 0 Å². The van der Waals surface area contributed by atoms with Crippen LogP contribution in [-0.4, -0.2) is 36.8 Å². The Labute approximate surface area is 105 Å². The molecule has 0 radical (unpaired) electrons. The first-order valence-corrected chi connectivity index (χ1v) is 5.93. The number of rotatable bonds is 4. The number of anilines is 1. The number of hydrogen-bond acceptors (Lipinski definition) is 4. The number of piperidine rings is 1. The summed E-state index contributed by atoms with van der Waals surface area (Å²) in [5, 5.41) is 0. The number of aromatic nitrogens is 1. The summed E-state index contributed by atoms with van der Waals surface area (Å²) < 4.78 is 28.3. The lowest BCUT2D eigenvalue weighted by atomic mass is 9.89. The maximum atomic E-state index is 12.0. The molecular formula is C12H17F2N3O. The molecule has 0 amide bonds. The lowest BCUT2D eigenvalue weighted by Gasteiger charge is -2.39. The summed E-state index contributed by atoms with van der Waals surface area (Å²) in [6.07, 6.45) is 4.78. The van der Waals surface area contributed by atoms with Crippen LogP contribution >= 0.6 is 0 Å². The number of hydrogen-bond donors (Lipinski definition) is 1. The summed E-state index contributed by atoms with van der Waals surface area (Å²) in [5.74, 6) is 0. The molecule has 1 aromatic heterocycles. The van der Waals surface area contributed by atoms with Crippen molar-refractivity contribution in [3.63, 3.8) is 0 Å². The topological polar surface area (TPSA) is 51.4 Å². The molecule has 1 aliphatic heterocycles. The number of halogens is 2. The third-order valence-corrected chi connectivity index (χ3v) is 3.27. The molecule has 100 valence electrons. The Balaban J connectivity index is 1.87. The highest BCUT2D eigenvalue weighted by Crippen LogP contribution is 2.24. The third-order valence-electron chi connectivity index (χ3n) is 3.27. The minimum absolute atomic E-state index is 0.0917. The van der Waals surface area contributed by atoms with Crippen LogP contribution in [0.1, 0.15) is 12.8 Å². The second-order valence-corrected chi connectivity index (χ2v) is 4.63. The van der Waals surface area contributed by atoms with E-state index in [0.717, 1.165) is 18.8 Å². The zero-order valence-electron chi connectivity index (χ0n) is 10.1. The average Bonchev–Trinajstić information content (AvgIpc) is 2.39. The van der Waals surface area contributed by atoms with Crippen LogP contribution in [-0.2, 0) is 4.74 Å². The molecule has 1 saturated heterocycles. The zero-order valence-corrected chi connectivity index (χ0v) is 10.1. The van der Waals surface area contributed by atoms with Gasteiger partial charge in [0.1, 0.15) is 0 Å². The number of nitrogens with two attached hydrogens (primary N) is 1. The Morgan fingerprint density at radius 1 is 1.44 bits per heavy atom. The third kappa shape index (κ3) is 3.36. The first kappa shape index (κ1) is 13.2. The van der Waals surface area contributed by atoms with Crippen molar-refractivity contribution in [2.75, 3.05) is 24.6 Å². The predicted molar refractivity (Wildman–Crippen MR) is 64.6 cm³/mol. The monoisotopic (exact) mass is 257 g/mol. The van der Waals surface area contributed by atoms with E-state index in [2.05, 4.69) is 14.6 Å². The van der Waals surface area contributed by atoms with E-state index in [1.165, 1.54) is 0 Å². The van der Waals surface area contributed by atoms with Crippen LogP contribution in [0.5, 0.6) is 0 Å². The molecule has 0 unspecified atom stereocenters. The van der Waals surface area contributed by atoms with Gasteiger partial charge in [-0.1, -0.05) is 0 Å². The van der Waals surface area contributed by atoms with Gasteiger partial charge in [-0.3, -0.25) is 4.98 Å². The van der Waals surface area contributed by atoms with Crippen molar-refractivity contribution >= 4 is 5.69 Å². The fourth-order valence-corrected chi connectivity index (χ4v) is 2.12. The van der Waals surface area contributed by atoms with E-state index in [9.17, 15) is 8.78 Å². The van der Waals surface area contributed by atoms with Crippen molar-refractivity contribution < 1.29 is 13.5 Å². The van der Waals surface area contributed by atoms with Gasteiger partial charge in [0.15, 0.2) is 0 Å². The maximum absolute atomic E-state index is 12.0. The van der Waals surface area contributed by atoms with Gasteiger partial charge in [0.05, 0.1) is 18.5 Å². The van der Waals surface area contributed by atoms with Gasteiger partial charge in [-0.25, -0.2) is 0 Å². The van der Waals surface area contributed by atoms with E-state index in [1.54, 1.807) is 12.4 Å². The van der Waals surface area contributed by atoms with Gasteiger partial charge in [-0.05, 0) is 25.0 Å². The molecule has 1 aliphatic rings. The van der Waals surface area contributed by atoms with E-state index in [0.29, 0.717) is 12.8 Å². The molecule has 18 heavy (non-hydrogen) atoms. The fourth-order valence-electron chi connectivity index (χ4n) is 2.12. The molecule has 4 nitrogen and oxygen atoms in total. The minimum atomic E-state index is -2.75. The van der Waals surface area contributed by atoms with Crippen molar-refractivity contribution in [2.45, 2.75) is 25.0 Å². The Morgan fingerprint density at radius 3 is 2.72 bits per heavy atom. The van der Waals surface area contributed by atoms with Crippen molar-refractivity contribution in [1.29, 1.82) is 0 Å². The number of alkyl halides is 2. The van der Waals surface area contributed by atoms with E-state index in [-0.39, 0.29) is 6.61 Å². The van der Waals surface area contributed by atoms with E-state index in [4.69, 9.17) is 5.73 Å². The van der Waals surface area contributed by atoms with Crippen LogP contribution in [0.3, 0.4) is 0 Å². The second-order valence-electron chi connectivity index (χ2n) is 4.63. The summed E-state index contributed by atoms with van der Waals surface area (Å²) in [6, 6.07) is 3.85. The summed E-state index contributed by atoms with van der Waals surface area (Å²) in [6.45, 7) is -1.38. The molecule has 1 fully saturated rings. The molecule has 0 atom stereocenters. The van der Waals surface area contributed by atoms with Gasteiger partial charge in [0, 0.05) is 24.8 Å². The van der Waals surface area contributed by atoms with Crippen molar-refractivity contribution in [1.82, 2.24) is 4.98 Å². The Morgan fingerprint density at radius 2 is 2.17 bits per heavy atom. The van der Waals surface area contributed by atoms with Crippen LogP contribution < -0.4 is 10.6 Å². The first-order chi connectivity index (χ1) is 8.59. The Hall–Kier alpha value is -1.27. The number of nitrogens with zero attached hydrogens (tertiary/aromatic N) is 2.